The number of benzene rings is 1. The first-order valence-electron chi connectivity index (χ1n) is 6.35. The van der Waals surface area contributed by atoms with Gasteiger partial charge in [-0.1, -0.05) is 0 Å². The highest BCUT2D eigenvalue weighted by molar-refractivity contribution is 5.63. The van der Waals surface area contributed by atoms with Crippen LogP contribution < -0.4 is 15.4 Å². The maximum Gasteiger partial charge on any atom is 0.125 e. The Balaban J connectivity index is 3.36. The van der Waals surface area contributed by atoms with Gasteiger partial charge < -0.3 is 15.4 Å². The van der Waals surface area contributed by atoms with E-state index in [0.717, 1.165) is 11.3 Å². The van der Waals surface area contributed by atoms with Crippen LogP contribution in [0.2, 0.25) is 0 Å². The molecule has 0 saturated carbocycles. The summed E-state index contributed by atoms with van der Waals surface area (Å²) >= 11 is 0. The van der Waals surface area contributed by atoms with Gasteiger partial charge in [-0.2, -0.15) is 0 Å². The summed E-state index contributed by atoms with van der Waals surface area (Å²) < 4.78 is 5.46. The Morgan fingerprint density at radius 2 is 1.78 bits per heavy atom. The van der Waals surface area contributed by atoms with E-state index >= 15 is 0 Å². The van der Waals surface area contributed by atoms with Gasteiger partial charge in [0, 0.05) is 24.8 Å². The van der Waals surface area contributed by atoms with Crippen molar-refractivity contribution in [1.29, 1.82) is 0 Å². The number of hydrogen-bond donors (Lipinski definition) is 1. The van der Waals surface area contributed by atoms with E-state index in [4.69, 9.17) is 10.5 Å². The van der Waals surface area contributed by atoms with Crippen molar-refractivity contribution in [3.63, 3.8) is 0 Å². The zero-order valence-corrected chi connectivity index (χ0v) is 12.7. The van der Waals surface area contributed by atoms with Crippen molar-refractivity contribution in [1.82, 2.24) is 0 Å². The lowest BCUT2D eigenvalue weighted by Crippen LogP contribution is -2.47. The first-order valence-corrected chi connectivity index (χ1v) is 6.35. The maximum absolute atomic E-state index is 5.86. The summed E-state index contributed by atoms with van der Waals surface area (Å²) in [7, 11) is 3.82. The van der Waals surface area contributed by atoms with Gasteiger partial charge in [0.05, 0.1) is 7.11 Å². The highest BCUT2D eigenvalue weighted by Gasteiger charge is 2.24. The van der Waals surface area contributed by atoms with Crippen LogP contribution in [0.4, 0.5) is 5.69 Å². The van der Waals surface area contributed by atoms with Crippen molar-refractivity contribution in [2.75, 3.05) is 25.6 Å². The number of anilines is 1. The third kappa shape index (κ3) is 2.46. The molecule has 0 unspecified atom stereocenters. The van der Waals surface area contributed by atoms with E-state index in [9.17, 15) is 0 Å². The van der Waals surface area contributed by atoms with Crippen molar-refractivity contribution < 1.29 is 4.74 Å². The number of nitrogens with two attached hydrogens (primary N) is 1. The van der Waals surface area contributed by atoms with Crippen LogP contribution in [0.5, 0.6) is 5.75 Å². The van der Waals surface area contributed by atoms with Crippen LogP contribution in [0.3, 0.4) is 0 Å². The molecule has 0 aromatic heterocycles. The number of likely N-dealkylation sites (N-methyl/N-ethyl adjacent to an activating group) is 1. The second-order valence-electron chi connectivity index (χ2n) is 5.57. The lowest BCUT2D eigenvalue weighted by Gasteiger charge is -2.38. The number of methoxy groups -OCH3 is 1. The molecule has 0 fully saturated rings. The van der Waals surface area contributed by atoms with E-state index in [0.29, 0.717) is 6.54 Å². The van der Waals surface area contributed by atoms with E-state index in [1.807, 2.05) is 0 Å². The molecule has 3 nitrogen and oxygen atoms in total. The predicted molar refractivity (Wildman–Crippen MR) is 78.7 cm³/mol. The van der Waals surface area contributed by atoms with Crippen LogP contribution in [-0.2, 0) is 0 Å². The fourth-order valence-electron chi connectivity index (χ4n) is 2.16. The number of rotatable bonds is 4. The van der Waals surface area contributed by atoms with Gasteiger partial charge in [0.1, 0.15) is 5.75 Å². The van der Waals surface area contributed by atoms with Gasteiger partial charge >= 0.3 is 0 Å². The smallest absolute Gasteiger partial charge is 0.125 e. The molecule has 0 aliphatic heterocycles. The third-order valence-corrected chi connectivity index (χ3v) is 3.97. The average Bonchev–Trinajstić information content (AvgIpc) is 2.33. The molecule has 102 valence electrons. The zero-order chi connectivity index (χ0) is 14.1. The van der Waals surface area contributed by atoms with E-state index in [1.165, 1.54) is 16.8 Å². The summed E-state index contributed by atoms with van der Waals surface area (Å²) in [5.74, 6) is 0.982. The highest BCUT2D eigenvalue weighted by Crippen LogP contribution is 2.35. The predicted octanol–water partition coefficient (Wildman–Crippen LogP) is 2.79. The molecule has 0 saturated heterocycles. The van der Waals surface area contributed by atoms with Crippen LogP contribution in [0, 0.1) is 20.8 Å². The summed E-state index contributed by atoms with van der Waals surface area (Å²) in [6.45, 7) is 11.2. The molecule has 3 heteroatoms. The maximum atomic E-state index is 5.86. The molecule has 1 rings (SSSR count). The highest BCUT2D eigenvalue weighted by atomic mass is 16.5. The van der Waals surface area contributed by atoms with E-state index in [2.05, 4.69) is 52.6 Å². The number of aryl methyl sites for hydroxylation is 1. The Kier molecular flexibility index (Phi) is 4.28. The van der Waals surface area contributed by atoms with Gasteiger partial charge in [-0.3, -0.25) is 0 Å². The van der Waals surface area contributed by atoms with Crippen LogP contribution in [0.1, 0.15) is 30.5 Å². The summed E-state index contributed by atoms with van der Waals surface area (Å²) in [5, 5.41) is 0. The molecule has 2 N–H and O–H groups in total. The summed E-state index contributed by atoms with van der Waals surface area (Å²) in [6, 6.07) is 2.18. The molecule has 18 heavy (non-hydrogen) atoms. The van der Waals surface area contributed by atoms with Crippen molar-refractivity contribution >= 4 is 5.69 Å². The first-order chi connectivity index (χ1) is 8.26. The topological polar surface area (TPSA) is 38.5 Å². The number of hydrogen-bond acceptors (Lipinski definition) is 3. The Morgan fingerprint density at radius 1 is 1.22 bits per heavy atom. The van der Waals surface area contributed by atoms with Crippen LogP contribution in [0.15, 0.2) is 6.07 Å². The fourth-order valence-corrected chi connectivity index (χ4v) is 2.16. The van der Waals surface area contributed by atoms with Crippen molar-refractivity contribution in [3.05, 3.63) is 22.8 Å². The molecule has 0 aliphatic carbocycles. The summed E-state index contributed by atoms with van der Waals surface area (Å²) in [6.07, 6.45) is 0. The van der Waals surface area contributed by atoms with Crippen molar-refractivity contribution in [3.8, 4) is 5.75 Å². The van der Waals surface area contributed by atoms with Crippen molar-refractivity contribution in [2.24, 2.45) is 5.73 Å². The lowest BCUT2D eigenvalue weighted by molar-refractivity contribution is 0.408. The molecule has 1 aromatic carbocycles. The Bertz CT molecular complexity index is 439. The first kappa shape index (κ1) is 14.8. The molecule has 0 bridgehead atoms. The number of nitrogens with zero attached hydrogens (tertiary/aromatic N) is 1. The quantitative estimate of drug-likeness (QED) is 0.893. The lowest BCUT2D eigenvalue weighted by atomic mass is 9.97. The monoisotopic (exact) mass is 250 g/mol. The largest absolute Gasteiger partial charge is 0.496 e. The molecular weight excluding hydrogens is 224 g/mol. The minimum atomic E-state index is -0.0573. The normalized spacial score (nSPS) is 11.6. The molecule has 0 aliphatic rings. The third-order valence-electron chi connectivity index (χ3n) is 3.97. The SMILES string of the molecule is COc1c(C)cc(N(C)C(C)(C)CN)c(C)c1C. The Labute approximate surface area is 111 Å². The molecular formula is C15H26N2O. The molecule has 0 atom stereocenters. The fraction of sp³-hybridized carbons (Fsp3) is 0.600. The van der Waals surface area contributed by atoms with Gasteiger partial charge in [0.2, 0.25) is 0 Å². The van der Waals surface area contributed by atoms with Crippen LogP contribution in [0.25, 0.3) is 0 Å². The standard InChI is InChI=1S/C15H26N2O/c1-10-8-13(17(6)15(4,5)9-16)11(2)12(3)14(10)18-7/h8H,9,16H2,1-7H3. The summed E-state index contributed by atoms with van der Waals surface area (Å²) in [5.41, 5.74) is 10.6. The zero-order valence-electron chi connectivity index (χ0n) is 12.7. The van der Waals surface area contributed by atoms with E-state index < -0.39 is 0 Å². The molecule has 0 heterocycles. The molecule has 0 amide bonds. The summed E-state index contributed by atoms with van der Waals surface area (Å²) in [4.78, 5) is 2.25. The Hall–Kier alpha value is -1.22. The molecule has 1 aromatic rings. The van der Waals surface area contributed by atoms with Crippen molar-refractivity contribution in [2.45, 2.75) is 40.2 Å². The van der Waals surface area contributed by atoms with Gasteiger partial charge in [0.25, 0.3) is 0 Å². The minimum Gasteiger partial charge on any atom is -0.496 e. The van der Waals surface area contributed by atoms with E-state index in [-0.39, 0.29) is 5.54 Å². The van der Waals surface area contributed by atoms with Gasteiger partial charge in [0.15, 0.2) is 0 Å². The average molecular weight is 250 g/mol. The van der Waals surface area contributed by atoms with Gasteiger partial charge in [-0.05, 0) is 57.4 Å². The van der Waals surface area contributed by atoms with Gasteiger partial charge in [-0.15, -0.1) is 0 Å². The molecule has 0 radical (unpaired) electrons. The van der Waals surface area contributed by atoms with E-state index in [1.54, 1.807) is 7.11 Å². The second kappa shape index (κ2) is 5.19. The van der Waals surface area contributed by atoms with Crippen LogP contribution >= 0.6 is 0 Å². The minimum absolute atomic E-state index is 0.0573. The Morgan fingerprint density at radius 3 is 2.22 bits per heavy atom. The van der Waals surface area contributed by atoms with Crippen LogP contribution in [-0.4, -0.2) is 26.2 Å². The number of ether oxygens (including phenoxy) is 1. The van der Waals surface area contributed by atoms with Gasteiger partial charge in [-0.25, -0.2) is 0 Å². The molecule has 0 spiro atoms. The second-order valence-corrected chi connectivity index (χ2v) is 5.57.